The lowest BCUT2D eigenvalue weighted by molar-refractivity contribution is -0.148. The Morgan fingerprint density at radius 1 is 1.19 bits per heavy atom. The first-order valence-electron chi connectivity index (χ1n) is 8.71. The zero-order chi connectivity index (χ0) is 19.3. The summed E-state index contributed by atoms with van der Waals surface area (Å²) in [5, 5.41) is 18.2. The Kier molecular flexibility index (Phi) is 4.17. The average Bonchev–Trinajstić information content (AvgIpc) is 3.32. The normalized spacial score (nSPS) is 25.7. The SMILES string of the molecule is CC1c2nnc(C(F)(F)F)n2CCN1C(=O)c1cn([C@@H]2CNC[C@H]2C)nn1. The molecule has 0 saturated carbocycles. The lowest BCUT2D eigenvalue weighted by Crippen LogP contribution is -2.42. The van der Waals surface area contributed by atoms with Crippen LogP contribution in [0.3, 0.4) is 0 Å². The summed E-state index contributed by atoms with van der Waals surface area (Å²) in [5.74, 6) is -0.939. The maximum absolute atomic E-state index is 13.0. The third-order valence-corrected chi connectivity index (χ3v) is 5.25. The quantitative estimate of drug-likeness (QED) is 0.827. The Bertz CT molecular complexity index is 860. The van der Waals surface area contributed by atoms with Crippen LogP contribution in [0.25, 0.3) is 0 Å². The molecule has 0 aliphatic carbocycles. The van der Waals surface area contributed by atoms with Gasteiger partial charge in [-0.15, -0.1) is 15.3 Å². The van der Waals surface area contributed by atoms with Gasteiger partial charge in [0, 0.05) is 19.6 Å². The molecule has 1 unspecified atom stereocenters. The van der Waals surface area contributed by atoms with Crippen LogP contribution in [0.5, 0.6) is 0 Å². The molecular formula is C15H19F3N8O. The highest BCUT2D eigenvalue weighted by Crippen LogP contribution is 2.33. The molecular weight excluding hydrogens is 365 g/mol. The fourth-order valence-corrected chi connectivity index (χ4v) is 3.71. The van der Waals surface area contributed by atoms with Gasteiger partial charge in [-0.1, -0.05) is 12.1 Å². The molecule has 27 heavy (non-hydrogen) atoms. The van der Waals surface area contributed by atoms with Crippen LogP contribution in [0.2, 0.25) is 0 Å². The first-order valence-corrected chi connectivity index (χ1v) is 8.71. The predicted molar refractivity (Wildman–Crippen MR) is 85.6 cm³/mol. The first-order chi connectivity index (χ1) is 12.8. The van der Waals surface area contributed by atoms with E-state index in [9.17, 15) is 18.0 Å². The Hall–Kier alpha value is -2.50. The number of nitrogens with one attached hydrogen (secondary N) is 1. The number of alkyl halides is 3. The van der Waals surface area contributed by atoms with Crippen molar-refractivity contribution in [3.63, 3.8) is 0 Å². The number of carbonyl (C=O) groups excluding carboxylic acids is 1. The number of hydrogen-bond donors (Lipinski definition) is 1. The van der Waals surface area contributed by atoms with Gasteiger partial charge in [-0.3, -0.25) is 4.79 Å². The van der Waals surface area contributed by atoms with E-state index in [1.165, 1.54) is 4.90 Å². The maximum atomic E-state index is 13.0. The molecule has 1 fully saturated rings. The minimum absolute atomic E-state index is 0.0228. The molecule has 2 aliphatic rings. The monoisotopic (exact) mass is 384 g/mol. The van der Waals surface area contributed by atoms with Crippen LogP contribution < -0.4 is 5.32 Å². The maximum Gasteiger partial charge on any atom is 0.451 e. The largest absolute Gasteiger partial charge is 0.451 e. The van der Waals surface area contributed by atoms with Crippen LogP contribution in [-0.2, 0) is 12.7 Å². The number of halogens is 3. The molecule has 2 aromatic rings. The second kappa shape index (κ2) is 6.29. The van der Waals surface area contributed by atoms with E-state index < -0.39 is 18.0 Å². The summed E-state index contributed by atoms with van der Waals surface area (Å²) in [7, 11) is 0. The topological polar surface area (TPSA) is 93.8 Å². The van der Waals surface area contributed by atoms with Crippen LogP contribution >= 0.6 is 0 Å². The van der Waals surface area contributed by atoms with Crippen LogP contribution in [0, 0.1) is 5.92 Å². The zero-order valence-electron chi connectivity index (χ0n) is 14.8. The van der Waals surface area contributed by atoms with E-state index in [-0.39, 0.29) is 36.6 Å². The van der Waals surface area contributed by atoms with E-state index in [1.54, 1.807) is 17.8 Å². The Balaban J connectivity index is 1.55. The van der Waals surface area contributed by atoms with Crippen molar-refractivity contribution in [2.45, 2.75) is 38.7 Å². The Morgan fingerprint density at radius 3 is 2.63 bits per heavy atom. The fraction of sp³-hybridized carbons (Fsp3) is 0.667. The molecule has 2 aromatic heterocycles. The third-order valence-electron chi connectivity index (χ3n) is 5.25. The standard InChI is InChI=1S/C15H19F3N8O/c1-8-5-19-6-11(8)26-7-10(20-23-26)13(27)24-3-4-25-12(9(24)2)21-22-14(25)15(16,17)18/h7-9,11,19H,3-6H2,1-2H3/t8-,9?,11-/m1/s1. The van der Waals surface area contributed by atoms with Crippen LogP contribution in [0.15, 0.2) is 6.20 Å². The van der Waals surface area contributed by atoms with Gasteiger partial charge in [-0.05, 0) is 19.4 Å². The number of fused-ring (bicyclic) bond motifs is 1. The zero-order valence-corrected chi connectivity index (χ0v) is 14.8. The van der Waals surface area contributed by atoms with Crippen molar-refractivity contribution in [3.05, 3.63) is 23.5 Å². The summed E-state index contributed by atoms with van der Waals surface area (Å²) in [6, 6.07) is -0.526. The summed E-state index contributed by atoms with van der Waals surface area (Å²) in [5.41, 5.74) is 0.171. The van der Waals surface area contributed by atoms with Crippen LogP contribution in [0.1, 0.15) is 48.1 Å². The van der Waals surface area contributed by atoms with Crippen molar-refractivity contribution in [2.75, 3.05) is 19.6 Å². The highest BCUT2D eigenvalue weighted by molar-refractivity contribution is 5.92. The van der Waals surface area contributed by atoms with Crippen LogP contribution in [0.4, 0.5) is 13.2 Å². The van der Waals surface area contributed by atoms with Gasteiger partial charge in [0.25, 0.3) is 5.91 Å². The van der Waals surface area contributed by atoms with Gasteiger partial charge in [0.2, 0.25) is 5.82 Å². The van der Waals surface area contributed by atoms with Gasteiger partial charge < -0.3 is 14.8 Å². The van der Waals surface area contributed by atoms with Gasteiger partial charge in [0.05, 0.1) is 18.3 Å². The molecule has 146 valence electrons. The highest BCUT2D eigenvalue weighted by Gasteiger charge is 2.42. The minimum atomic E-state index is -4.58. The van der Waals surface area contributed by atoms with E-state index in [4.69, 9.17) is 0 Å². The molecule has 0 radical (unpaired) electrons. The summed E-state index contributed by atoms with van der Waals surface area (Å²) in [6.07, 6.45) is -2.98. The van der Waals surface area contributed by atoms with Gasteiger partial charge in [0.15, 0.2) is 11.5 Å². The van der Waals surface area contributed by atoms with E-state index in [0.717, 1.165) is 17.7 Å². The van der Waals surface area contributed by atoms with Crippen molar-refractivity contribution in [3.8, 4) is 0 Å². The smallest absolute Gasteiger partial charge is 0.325 e. The van der Waals surface area contributed by atoms with Gasteiger partial charge in [-0.2, -0.15) is 13.2 Å². The molecule has 3 atom stereocenters. The number of aromatic nitrogens is 6. The number of hydrogen-bond acceptors (Lipinski definition) is 6. The van der Waals surface area contributed by atoms with Crippen molar-refractivity contribution in [1.29, 1.82) is 0 Å². The number of carbonyl (C=O) groups is 1. The Labute approximate surface area is 152 Å². The van der Waals surface area contributed by atoms with Gasteiger partial charge in [0.1, 0.15) is 0 Å². The van der Waals surface area contributed by atoms with E-state index >= 15 is 0 Å². The van der Waals surface area contributed by atoms with Gasteiger partial charge >= 0.3 is 6.18 Å². The van der Waals surface area contributed by atoms with Crippen molar-refractivity contribution in [1.82, 2.24) is 40.0 Å². The summed E-state index contributed by atoms with van der Waals surface area (Å²) >= 11 is 0. The fourth-order valence-electron chi connectivity index (χ4n) is 3.71. The molecule has 1 saturated heterocycles. The Morgan fingerprint density at radius 2 is 1.96 bits per heavy atom. The van der Waals surface area contributed by atoms with Crippen LogP contribution in [-0.4, -0.2) is 60.2 Å². The second-order valence-electron chi connectivity index (χ2n) is 6.99. The number of amides is 1. The number of nitrogens with zero attached hydrogens (tertiary/aromatic N) is 7. The number of rotatable bonds is 2. The summed E-state index contributed by atoms with van der Waals surface area (Å²) < 4.78 is 41.7. The molecule has 1 N–H and O–H groups in total. The molecule has 0 aromatic carbocycles. The molecule has 9 nitrogen and oxygen atoms in total. The van der Waals surface area contributed by atoms with Crippen molar-refractivity contribution < 1.29 is 18.0 Å². The lowest BCUT2D eigenvalue weighted by atomic mass is 10.1. The average molecular weight is 384 g/mol. The summed E-state index contributed by atoms with van der Waals surface area (Å²) in [4.78, 5) is 14.3. The van der Waals surface area contributed by atoms with E-state index in [2.05, 4.69) is 32.7 Å². The predicted octanol–water partition coefficient (Wildman–Crippen LogP) is 0.886. The molecule has 0 spiro atoms. The second-order valence-corrected chi connectivity index (χ2v) is 6.99. The van der Waals surface area contributed by atoms with Gasteiger partial charge in [-0.25, -0.2) is 4.68 Å². The molecule has 2 aliphatic heterocycles. The third kappa shape index (κ3) is 2.97. The minimum Gasteiger partial charge on any atom is -0.325 e. The molecule has 4 heterocycles. The molecule has 0 bridgehead atoms. The van der Waals surface area contributed by atoms with E-state index in [0.29, 0.717) is 5.92 Å². The lowest BCUT2D eigenvalue weighted by Gasteiger charge is -2.33. The first kappa shape index (κ1) is 17.9. The molecule has 4 rings (SSSR count). The highest BCUT2D eigenvalue weighted by atomic mass is 19.4. The van der Waals surface area contributed by atoms with E-state index in [1.807, 2.05) is 0 Å². The summed E-state index contributed by atoms with van der Waals surface area (Å²) in [6.45, 7) is 5.43. The molecule has 1 amide bonds. The molecule has 12 heteroatoms. The van der Waals surface area contributed by atoms with Crippen molar-refractivity contribution >= 4 is 5.91 Å². The van der Waals surface area contributed by atoms with Crippen molar-refractivity contribution in [2.24, 2.45) is 5.92 Å².